The Labute approximate surface area is 124 Å². The van der Waals surface area contributed by atoms with Crippen LogP contribution in [0.1, 0.15) is 57.7 Å². The highest BCUT2D eigenvalue weighted by molar-refractivity contribution is 5.59. The van der Waals surface area contributed by atoms with Crippen LogP contribution in [0.4, 0.5) is 5.69 Å². The Morgan fingerprint density at radius 2 is 1.95 bits per heavy atom. The zero-order chi connectivity index (χ0) is 14.5. The van der Waals surface area contributed by atoms with Crippen molar-refractivity contribution in [2.45, 2.75) is 53.0 Å². The molecule has 1 atom stereocenters. The van der Waals surface area contributed by atoms with E-state index in [1.807, 2.05) is 0 Å². The Hall–Kier alpha value is -1.02. The van der Waals surface area contributed by atoms with Crippen LogP contribution in [0, 0.1) is 5.92 Å². The van der Waals surface area contributed by atoms with Crippen molar-refractivity contribution >= 4 is 5.69 Å². The average molecular weight is 274 g/mol. The average Bonchev–Trinajstić information content (AvgIpc) is 2.87. The van der Waals surface area contributed by atoms with Gasteiger partial charge in [0.1, 0.15) is 0 Å². The summed E-state index contributed by atoms with van der Waals surface area (Å²) >= 11 is 0. The van der Waals surface area contributed by atoms with Crippen LogP contribution >= 0.6 is 0 Å². The molecule has 1 aliphatic heterocycles. The van der Waals surface area contributed by atoms with Gasteiger partial charge in [-0.25, -0.2) is 0 Å². The fourth-order valence-electron chi connectivity index (χ4n) is 3.23. The van der Waals surface area contributed by atoms with Gasteiger partial charge in [-0.1, -0.05) is 45.7 Å². The maximum absolute atomic E-state index is 3.50. The van der Waals surface area contributed by atoms with Gasteiger partial charge in [-0.15, -0.1) is 0 Å². The number of hydrogen-bond donors (Lipinski definition) is 1. The van der Waals surface area contributed by atoms with Crippen molar-refractivity contribution in [2.75, 3.05) is 24.5 Å². The molecule has 0 spiro atoms. The van der Waals surface area contributed by atoms with Gasteiger partial charge in [-0.2, -0.15) is 0 Å². The maximum Gasteiger partial charge on any atom is 0.0399 e. The van der Waals surface area contributed by atoms with E-state index in [0.29, 0.717) is 6.04 Å². The van der Waals surface area contributed by atoms with Gasteiger partial charge in [0.05, 0.1) is 0 Å². The Bertz CT molecular complexity index is 423. The first kappa shape index (κ1) is 15.4. The van der Waals surface area contributed by atoms with Crippen molar-refractivity contribution in [1.29, 1.82) is 0 Å². The van der Waals surface area contributed by atoms with E-state index in [4.69, 9.17) is 0 Å². The predicted molar refractivity (Wildman–Crippen MR) is 88.5 cm³/mol. The van der Waals surface area contributed by atoms with Crippen LogP contribution in [0.3, 0.4) is 0 Å². The van der Waals surface area contributed by atoms with Crippen molar-refractivity contribution in [3.8, 4) is 0 Å². The van der Waals surface area contributed by atoms with E-state index >= 15 is 0 Å². The SMILES string of the molecule is CCNC(C)c1ccc2c(c1)CCN2CC(CC)CC. The molecule has 0 saturated heterocycles. The summed E-state index contributed by atoms with van der Waals surface area (Å²) in [6, 6.07) is 7.51. The van der Waals surface area contributed by atoms with Crippen molar-refractivity contribution in [1.82, 2.24) is 5.32 Å². The lowest BCUT2D eigenvalue weighted by molar-refractivity contribution is 0.488. The Balaban J connectivity index is 2.10. The van der Waals surface area contributed by atoms with Crippen molar-refractivity contribution in [2.24, 2.45) is 5.92 Å². The number of anilines is 1. The topological polar surface area (TPSA) is 15.3 Å². The van der Waals surface area contributed by atoms with E-state index in [1.165, 1.54) is 43.6 Å². The van der Waals surface area contributed by atoms with Crippen molar-refractivity contribution < 1.29 is 0 Å². The van der Waals surface area contributed by atoms with Gasteiger partial charge < -0.3 is 10.2 Å². The Morgan fingerprint density at radius 3 is 2.60 bits per heavy atom. The van der Waals surface area contributed by atoms with Crippen LogP contribution in [0.15, 0.2) is 18.2 Å². The quantitative estimate of drug-likeness (QED) is 0.803. The number of fused-ring (bicyclic) bond motifs is 1. The molecule has 2 rings (SSSR count). The van der Waals surface area contributed by atoms with Gasteiger partial charge in [-0.3, -0.25) is 0 Å². The van der Waals surface area contributed by atoms with Crippen LogP contribution in [0.2, 0.25) is 0 Å². The summed E-state index contributed by atoms with van der Waals surface area (Å²) in [5.41, 5.74) is 4.44. The lowest BCUT2D eigenvalue weighted by atomic mass is 10.0. The summed E-state index contributed by atoms with van der Waals surface area (Å²) in [6.45, 7) is 12.5. The largest absolute Gasteiger partial charge is 0.371 e. The first-order chi connectivity index (χ1) is 9.69. The van der Waals surface area contributed by atoms with Gasteiger partial charge in [0.2, 0.25) is 0 Å². The van der Waals surface area contributed by atoms with Crippen LogP contribution in [0.5, 0.6) is 0 Å². The van der Waals surface area contributed by atoms with E-state index in [1.54, 1.807) is 5.56 Å². The van der Waals surface area contributed by atoms with E-state index in [-0.39, 0.29) is 0 Å². The number of rotatable bonds is 7. The number of benzene rings is 1. The van der Waals surface area contributed by atoms with E-state index < -0.39 is 0 Å². The molecule has 0 saturated carbocycles. The molecule has 1 aliphatic rings. The molecule has 0 fully saturated rings. The monoisotopic (exact) mass is 274 g/mol. The molecule has 1 unspecified atom stereocenters. The third kappa shape index (κ3) is 3.35. The second-order valence-electron chi connectivity index (χ2n) is 6.05. The van der Waals surface area contributed by atoms with Crippen LogP contribution < -0.4 is 10.2 Å². The Morgan fingerprint density at radius 1 is 1.20 bits per heavy atom. The minimum atomic E-state index is 0.457. The van der Waals surface area contributed by atoms with E-state index in [0.717, 1.165) is 12.5 Å². The van der Waals surface area contributed by atoms with Gasteiger partial charge in [-0.05, 0) is 43.0 Å². The molecule has 20 heavy (non-hydrogen) atoms. The fraction of sp³-hybridized carbons (Fsp3) is 0.667. The lowest BCUT2D eigenvalue weighted by Crippen LogP contribution is -2.27. The maximum atomic E-state index is 3.50. The highest BCUT2D eigenvalue weighted by Gasteiger charge is 2.21. The first-order valence-electron chi connectivity index (χ1n) is 8.30. The number of hydrogen-bond acceptors (Lipinski definition) is 2. The van der Waals surface area contributed by atoms with E-state index in [9.17, 15) is 0 Å². The summed E-state index contributed by atoms with van der Waals surface area (Å²) in [5.74, 6) is 0.835. The van der Waals surface area contributed by atoms with Gasteiger partial charge in [0.15, 0.2) is 0 Å². The lowest BCUT2D eigenvalue weighted by Gasteiger charge is -2.25. The summed E-state index contributed by atoms with van der Waals surface area (Å²) in [4.78, 5) is 2.59. The second-order valence-corrected chi connectivity index (χ2v) is 6.05. The third-order valence-electron chi connectivity index (χ3n) is 4.74. The van der Waals surface area contributed by atoms with Crippen molar-refractivity contribution in [3.05, 3.63) is 29.3 Å². The molecule has 0 aromatic heterocycles. The molecule has 2 heteroatoms. The number of nitrogens with one attached hydrogen (secondary N) is 1. The molecule has 1 aromatic carbocycles. The molecular formula is C18H30N2. The second kappa shape index (κ2) is 7.12. The molecule has 0 aliphatic carbocycles. The van der Waals surface area contributed by atoms with Crippen molar-refractivity contribution in [3.63, 3.8) is 0 Å². The zero-order valence-electron chi connectivity index (χ0n) is 13.6. The zero-order valence-corrected chi connectivity index (χ0v) is 13.6. The standard InChI is InChI=1S/C18H30N2/c1-5-15(6-2)13-20-11-10-17-12-16(8-9-18(17)20)14(4)19-7-3/h8-9,12,14-15,19H,5-7,10-11,13H2,1-4H3. The fourth-order valence-corrected chi connectivity index (χ4v) is 3.23. The molecule has 1 N–H and O–H groups in total. The Kier molecular flexibility index (Phi) is 5.47. The van der Waals surface area contributed by atoms with Gasteiger partial charge >= 0.3 is 0 Å². The minimum absolute atomic E-state index is 0.457. The molecule has 0 amide bonds. The first-order valence-corrected chi connectivity index (χ1v) is 8.30. The number of nitrogens with zero attached hydrogens (tertiary/aromatic N) is 1. The normalized spacial score (nSPS) is 15.8. The highest BCUT2D eigenvalue weighted by atomic mass is 15.1. The summed E-state index contributed by atoms with van der Waals surface area (Å²) < 4.78 is 0. The summed E-state index contributed by atoms with van der Waals surface area (Å²) in [6.07, 6.45) is 3.79. The minimum Gasteiger partial charge on any atom is -0.371 e. The molecule has 112 valence electrons. The van der Waals surface area contributed by atoms with Gasteiger partial charge in [0, 0.05) is 24.8 Å². The third-order valence-corrected chi connectivity index (χ3v) is 4.74. The molecule has 0 radical (unpaired) electrons. The van der Waals surface area contributed by atoms with E-state index in [2.05, 4.69) is 56.1 Å². The summed E-state index contributed by atoms with van der Waals surface area (Å²) in [7, 11) is 0. The predicted octanol–water partition coefficient (Wildman–Crippen LogP) is 4.16. The molecule has 0 bridgehead atoms. The van der Waals surface area contributed by atoms with Crippen LogP contribution in [0.25, 0.3) is 0 Å². The molecular weight excluding hydrogens is 244 g/mol. The smallest absolute Gasteiger partial charge is 0.0399 e. The molecule has 1 aromatic rings. The van der Waals surface area contributed by atoms with Gasteiger partial charge in [0.25, 0.3) is 0 Å². The van der Waals surface area contributed by atoms with Crippen LogP contribution in [-0.2, 0) is 6.42 Å². The molecule has 1 heterocycles. The molecule has 2 nitrogen and oxygen atoms in total. The summed E-state index contributed by atoms with van der Waals surface area (Å²) in [5, 5.41) is 3.50. The van der Waals surface area contributed by atoms with Crippen LogP contribution in [-0.4, -0.2) is 19.6 Å². The highest BCUT2D eigenvalue weighted by Crippen LogP contribution is 2.31.